The second-order valence-corrected chi connectivity index (χ2v) is 4.17. The van der Waals surface area contributed by atoms with E-state index in [1.54, 1.807) is 7.11 Å². The third kappa shape index (κ3) is 1.89. The van der Waals surface area contributed by atoms with Crippen molar-refractivity contribution >= 4 is 5.78 Å². The van der Waals surface area contributed by atoms with Crippen molar-refractivity contribution in [2.75, 3.05) is 7.11 Å². The molecule has 2 nitrogen and oxygen atoms in total. The third-order valence-corrected chi connectivity index (χ3v) is 3.17. The molecule has 1 aromatic carbocycles. The maximum absolute atomic E-state index is 12.0. The Bertz CT molecular complexity index is 378. The SMILES string of the molecule is COc1ccc(C(=O)C2CCC2)c(C)c1. The standard InChI is InChI=1S/C13H16O2/c1-9-8-11(15-2)6-7-12(9)13(14)10-4-3-5-10/h6-8,10H,3-5H2,1-2H3. The largest absolute Gasteiger partial charge is 0.497 e. The topological polar surface area (TPSA) is 26.3 Å². The number of rotatable bonds is 3. The highest BCUT2D eigenvalue weighted by molar-refractivity contribution is 5.99. The van der Waals surface area contributed by atoms with E-state index in [1.807, 2.05) is 25.1 Å². The number of carbonyl (C=O) groups excluding carboxylic acids is 1. The Balaban J connectivity index is 2.24. The Morgan fingerprint density at radius 3 is 2.60 bits per heavy atom. The Labute approximate surface area is 90.3 Å². The molecule has 0 atom stereocenters. The van der Waals surface area contributed by atoms with Gasteiger partial charge in [-0.15, -0.1) is 0 Å². The Morgan fingerprint density at radius 1 is 1.40 bits per heavy atom. The molecular weight excluding hydrogens is 188 g/mol. The predicted octanol–water partition coefficient (Wildman–Crippen LogP) is 2.99. The van der Waals surface area contributed by atoms with E-state index in [9.17, 15) is 4.79 Å². The predicted molar refractivity (Wildman–Crippen MR) is 59.4 cm³/mol. The van der Waals surface area contributed by atoms with E-state index >= 15 is 0 Å². The van der Waals surface area contributed by atoms with E-state index in [1.165, 1.54) is 6.42 Å². The van der Waals surface area contributed by atoms with Crippen LogP contribution in [0.5, 0.6) is 5.75 Å². The number of carbonyl (C=O) groups is 1. The summed E-state index contributed by atoms with van der Waals surface area (Å²) in [4.78, 5) is 12.0. The third-order valence-electron chi connectivity index (χ3n) is 3.17. The van der Waals surface area contributed by atoms with Crippen molar-refractivity contribution in [3.05, 3.63) is 29.3 Å². The number of benzene rings is 1. The molecule has 0 aromatic heterocycles. The molecule has 1 saturated carbocycles. The lowest BCUT2D eigenvalue weighted by Gasteiger charge is -2.24. The highest BCUT2D eigenvalue weighted by atomic mass is 16.5. The molecule has 2 rings (SSSR count). The van der Waals surface area contributed by atoms with Crippen LogP contribution in [0.2, 0.25) is 0 Å². The summed E-state index contributed by atoms with van der Waals surface area (Å²) in [6, 6.07) is 5.67. The summed E-state index contributed by atoms with van der Waals surface area (Å²) in [5.74, 6) is 1.40. The van der Waals surface area contributed by atoms with Gasteiger partial charge in [-0.25, -0.2) is 0 Å². The molecule has 1 aromatic rings. The fraction of sp³-hybridized carbons (Fsp3) is 0.462. The van der Waals surface area contributed by atoms with Crippen LogP contribution in [0.1, 0.15) is 35.2 Å². The first kappa shape index (κ1) is 10.2. The van der Waals surface area contributed by atoms with Gasteiger partial charge in [-0.2, -0.15) is 0 Å². The maximum atomic E-state index is 12.0. The summed E-state index contributed by atoms with van der Waals surface area (Å²) in [6.45, 7) is 1.97. The molecular formula is C13H16O2. The van der Waals surface area contributed by atoms with E-state index in [-0.39, 0.29) is 5.92 Å². The fourth-order valence-electron chi connectivity index (χ4n) is 1.93. The highest BCUT2D eigenvalue weighted by Gasteiger charge is 2.26. The van der Waals surface area contributed by atoms with Crippen molar-refractivity contribution in [3.8, 4) is 5.75 Å². The molecule has 0 saturated heterocycles. The summed E-state index contributed by atoms with van der Waals surface area (Å²) in [7, 11) is 1.64. The van der Waals surface area contributed by atoms with Crippen molar-refractivity contribution in [1.82, 2.24) is 0 Å². The number of methoxy groups -OCH3 is 1. The lowest BCUT2D eigenvalue weighted by Crippen LogP contribution is -2.22. The number of hydrogen-bond acceptors (Lipinski definition) is 2. The zero-order valence-corrected chi connectivity index (χ0v) is 9.25. The van der Waals surface area contributed by atoms with Crippen LogP contribution in [0.25, 0.3) is 0 Å². The van der Waals surface area contributed by atoms with Crippen LogP contribution < -0.4 is 4.74 Å². The molecule has 0 radical (unpaired) electrons. The molecule has 0 unspecified atom stereocenters. The van der Waals surface area contributed by atoms with Crippen molar-refractivity contribution in [2.45, 2.75) is 26.2 Å². The zero-order valence-electron chi connectivity index (χ0n) is 9.25. The van der Waals surface area contributed by atoms with Crippen molar-refractivity contribution in [3.63, 3.8) is 0 Å². The molecule has 1 aliphatic rings. The average molecular weight is 204 g/mol. The van der Waals surface area contributed by atoms with Crippen LogP contribution in [0.15, 0.2) is 18.2 Å². The number of hydrogen-bond donors (Lipinski definition) is 0. The van der Waals surface area contributed by atoms with Crippen LogP contribution in [0, 0.1) is 12.8 Å². The van der Waals surface area contributed by atoms with Gasteiger partial charge in [0.25, 0.3) is 0 Å². The summed E-state index contributed by atoms with van der Waals surface area (Å²) in [5.41, 5.74) is 1.88. The summed E-state index contributed by atoms with van der Waals surface area (Å²) in [5, 5.41) is 0. The van der Waals surface area contributed by atoms with E-state index in [0.717, 1.165) is 29.7 Å². The Kier molecular flexibility index (Phi) is 2.76. The molecule has 0 aliphatic heterocycles. The van der Waals surface area contributed by atoms with E-state index in [0.29, 0.717) is 5.78 Å². The van der Waals surface area contributed by atoms with Gasteiger partial charge in [-0.3, -0.25) is 4.79 Å². The maximum Gasteiger partial charge on any atom is 0.166 e. The van der Waals surface area contributed by atoms with Crippen LogP contribution in [0.4, 0.5) is 0 Å². The van der Waals surface area contributed by atoms with Crippen molar-refractivity contribution in [1.29, 1.82) is 0 Å². The first-order valence-electron chi connectivity index (χ1n) is 5.41. The molecule has 0 amide bonds. The van der Waals surface area contributed by atoms with Gasteiger partial charge in [0.15, 0.2) is 5.78 Å². The van der Waals surface area contributed by atoms with Gasteiger partial charge < -0.3 is 4.74 Å². The van der Waals surface area contributed by atoms with Gasteiger partial charge in [0, 0.05) is 11.5 Å². The number of aryl methyl sites for hydroxylation is 1. The van der Waals surface area contributed by atoms with Crippen LogP contribution in [-0.4, -0.2) is 12.9 Å². The summed E-state index contributed by atoms with van der Waals surface area (Å²) < 4.78 is 5.12. The Morgan fingerprint density at radius 2 is 2.13 bits per heavy atom. The molecule has 1 aliphatic carbocycles. The van der Waals surface area contributed by atoms with Crippen molar-refractivity contribution < 1.29 is 9.53 Å². The van der Waals surface area contributed by atoms with Gasteiger partial charge in [-0.05, 0) is 43.5 Å². The number of ketones is 1. The molecule has 80 valence electrons. The molecule has 0 bridgehead atoms. The molecule has 0 N–H and O–H groups in total. The first-order valence-corrected chi connectivity index (χ1v) is 5.41. The van der Waals surface area contributed by atoms with Gasteiger partial charge >= 0.3 is 0 Å². The smallest absolute Gasteiger partial charge is 0.166 e. The van der Waals surface area contributed by atoms with Gasteiger partial charge in [0.05, 0.1) is 7.11 Å². The summed E-state index contributed by atoms with van der Waals surface area (Å²) >= 11 is 0. The van der Waals surface area contributed by atoms with E-state index in [4.69, 9.17) is 4.74 Å². The van der Waals surface area contributed by atoms with Crippen LogP contribution >= 0.6 is 0 Å². The van der Waals surface area contributed by atoms with Crippen LogP contribution in [0.3, 0.4) is 0 Å². The van der Waals surface area contributed by atoms with Crippen molar-refractivity contribution in [2.24, 2.45) is 5.92 Å². The highest BCUT2D eigenvalue weighted by Crippen LogP contribution is 2.31. The molecule has 2 heteroatoms. The van der Waals surface area contributed by atoms with Gasteiger partial charge in [0.1, 0.15) is 5.75 Å². The first-order chi connectivity index (χ1) is 7.22. The number of ether oxygens (including phenoxy) is 1. The quantitative estimate of drug-likeness (QED) is 0.707. The van der Waals surface area contributed by atoms with Crippen LogP contribution in [-0.2, 0) is 0 Å². The van der Waals surface area contributed by atoms with E-state index in [2.05, 4.69) is 0 Å². The monoisotopic (exact) mass is 204 g/mol. The zero-order chi connectivity index (χ0) is 10.8. The normalized spacial score (nSPS) is 15.9. The molecule has 0 heterocycles. The Hall–Kier alpha value is -1.31. The minimum absolute atomic E-state index is 0.275. The second kappa shape index (κ2) is 4.05. The lowest BCUT2D eigenvalue weighted by molar-refractivity contribution is 0.0854. The molecule has 0 spiro atoms. The number of Topliss-reactive ketones (excluding diaryl/α,β-unsaturated/α-hetero) is 1. The second-order valence-electron chi connectivity index (χ2n) is 4.17. The van der Waals surface area contributed by atoms with E-state index < -0.39 is 0 Å². The minimum atomic E-state index is 0.275. The minimum Gasteiger partial charge on any atom is -0.497 e. The molecule has 1 fully saturated rings. The lowest BCUT2D eigenvalue weighted by atomic mass is 9.79. The van der Waals surface area contributed by atoms with Gasteiger partial charge in [0.2, 0.25) is 0 Å². The summed E-state index contributed by atoms with van der Waals surface area (Å²) in [6.07, 6.45) is 3.32. The molecule has 15 heavy (non-hydrogen) atoms. The fourth-order valence-corrected chi connectivity index (χ4v) is 1.93. The van der Waals surface area contributed by atoms with Gasteiger partial charge in [-0.1, -0.05) is 6.42 Å². The average Bonchev–Trinajstić information content (AvgIpc) is 2.14.